The highest BCUT2D eigenvalue weighted by Crippen LogP contribution is 2.14. The molecule has 0 spiro atoms. The number of quaternary nitrogens is 1. The Morgan fingerprint density at radius 3 is 2.55 bits per heavy atom. The lowest BCUT2D eigenvalue weighted by molar-refractivity contribution is -0.695. The van der Waals surface area contributed by atoms with Gasteiger partial charge in [0, 0.05) is 17.7 Å². The maximum Gasteiger partial charge on any atom is 0.279 e. The van der Waals surface area contributed by atoms with Crippen LogP contribution in [0.3, 0.4) is 0 Å². The average Bonchev–Trinajstić information content (AvgIpc) is 2.76. The van der Waals surface area contributed by atoms with Gasteiger partial charge in [-0.25, -0.2) is 0 Å². The van der Waals surface area contributed by atoms with Crippen LogP contribution in [0.2, 0.25) is 0 Å². The molecule has 0 aliphatic carbocycles. The smallest absolute Gasteiger partial charge is 0.279 e. The fourth-order valence-electron chi connectivity index (χ4n) is 3.58. The first-order valence-electron chi connectivity index (χ1n) is 10.2. The summed E-state index contributed by atoms with van der Waals surface area (Å²) < 4.78 is 0. The van der Waals surface area contributed by atoms with Gasteiger partial charge in [0.15, 0.2) is 6.04 Å². The summed E-state index contributed by atoms with van der Waals surface area (Å²) in [5.41, 5.74) is 4.48. The van der Waals surface area contributed by atoms with E-state index in [-0.39, 0.29) is 17.9 Å². The molecule has 2 atom stereocenters. The number of aryl methyl sites for hydroxylation is 1. The quantitative estimate of drug-likeness (QED) is 0.622. The number of rotatable bonds is 8. The highest BCUT2D eigenvalue weighted by Gasteiger charge is 2.30. The summed E-state index contributed by atoms with van der Waals surface area (Å²) in [6.45, 7) is 2.89. The molecule has 154 valence electrons. The SMILES string of the molecule is CCc1ccc(NC(=O)[C@H](CCSC)NC(=O)[C@@H]2Cc3ccccc3C[NH2+]2)cc1. The molecule has 29 heavy (non-hydrogen) atoms. The second-order valence-electron chi connectivity index (χ2n) is 7.40. The van der Waals surface area contributed by atoms with E-state index in [1.54, 1.807) is 11.8 Å². The Bertz CT molecular complexity index is 838. The summed E-state index contributed by atoms with van der Waals surface area (Å²) in [4.78, 5) is 25.7. The van der Waals surface area contributed by atoms with Gasteiger partial charge in [-0.3, -0.25) is 9.59 Å². The van der Waals surface area contributed by atoms with Crippen LogP contribution >= 0.6 is 11.8 Å². The number of benzene rings is 2. The van der Waals surface area contributed by atoms with E-state index in [0.29, 0.717) is 12.8 Å². The highest BCUT2D eigenvalue weighted by molar-refractivity contribution is 7.98. The predicted octanol–water partition coefficient (Wildman–Crippen LogP) is 2.11. The van der Waals surface area contributed by atoms with Crippen molar-refractivity contribution in [2.24, 2.45) is 0 Å². The van der Waals surface area contributed by atoms with Crippen LogP contribution in [0.5, 0.6) is 0 Å². The van der Waals surface area contributed by atoms with Crippen molar-refractivity contribution < 1.29 is 14.9 Å². The van der Waals surface area contributed by atoms with Gasteiger partial charge in [0.2, 0.25) is 5.91 Å². The van der Waals surface area contributed by atoms with Gasteiger partial charge in [-0.05, 0) is 48.1 Å². The van der Waals surface area contributed by atoms with Crippen LogP contribution in [-0.4, -0.2) is 35.9 Å². The van der Waals surface area contributed by atoms with Gasteiger partial charge in [0.05, 0.1) is 0 Å². The first kappa shape index (κ1) is 21.4. The molecule has 0 saturated carbocycles. The normalized spacial score (nSPS) is 16.6. The van der Waals surface area contributed by atoms with E-state index in [4.69, 9.17) is 0 Å². The molecular weight excluding hydrogens is 382 g/mol. The molecule has 3 rings (SSSR count). The molecule has 2 aromatic carbocycles. The third kappa shape index (κ3) is 5.84. The third-order valence-electron chi connectivity index (χ3n) is 5.39. The Morgan fingerprint density at radius 2 is 1.86 bits per heavy atom. The monoisotopic (exact) mass is 412 g/mol. The van der Waals surface area contributed by atoms with Crippen LogP contribution in [0.25, 0.3) is 0 Å². The third-order valence-corrected chi connectivity index (χ3v) is 6.03. The Morgan fingerprint density at radius 1 is 1.14 bits per heavy atom. The number of amides is 2. The van der Waals surface area contributed by atoms with E-state index in [2.05, 4.69) is 35.0 Å². The molecule has 6 heteroatoms. The lowest BCUT2D eigenvalue weighted by Gasteiger charge is -2.25. The van der Waals surface area contributed by atoms with Gasteiger partial charge in [-0.2, -0.15) is 11.8 Å². The van der Waals surface area contributed by atoms with Gasteiger partial charge in [0.25, 0.3) is 5.91 Å². The number of hydrogen-bond acceptors (Lipinski definition) is 3. The van der Waals surface area contributed by atoms with E-state index < -0.39 is 6.04 Å². The van der Waals surface area contributed by atoms with Crippen molar-refractivity contribution in [2.75, 3.05) is 17.3 Å². The van der Waals surface area contributed by atoms with Gasteiger partial charge < -0.3 is 16.0 Å². The van der Waals surface area contributed by atoms with Crippen molar-refractivity contribution >= 4 is 29.3 Å². The zero-order valence-corrected chi connectivity index (χ0v) is 17.9. The summed E-state index contributed by atoms with van der Waals surface area (Å²) in [6, 6.07) is 15.4. The molecule has 0 saturated heterocycles. The molecule has 2 aromatic rings. The number of nitrogens with one attached hydrogen (secondary N) is 2. The molecule has 1 aliphatic rings. The highest BCUT2D eigenvalue weighted by atomic mass is 32.2. The molecule has 5 nitrogen and oxygen atoms in total. The Hall–Kier alpha value is -2.31. The number of fused-ring (bicyclic) bond motifs is 1. The van der Waals surface area contributed by atoms with Crippen molar-refractivity contribution in [2.45, 2.75) is 44.8 Å². The first-order chi connectivity index (χ1) is 14.1. The molecule has 1 heterocycles. The number of carbonyl (C=O) groups excluding carboxylic acids is 2. The van der Waals surface area contributed by atoms with E-state index in [1.807, 2.05) is 42.7 Å². The summed E-state index contributed by atoms with van der Waals surface area (Å²) in [6.07, 6.45) is 4.26. The predicted molar refractivity (Wildman–Crippen MR) is 119 cm³/mol. The number of anilines is 1. The first-order valence-corrected chi connectivity index (χ1v) is 11.6. The minimum absolute atomic E-state index is 0.0675. The molecule has 4 N–H and O–H groups in total. The van der Waals surface area contributed by atoms with E-state index >= 15 is 0 Å². The molecule has 0 fully saturated rings. The number of nitrogens with two attached hydrogens (primary N) is 1. The lowest BCUT2D eigenvalue weighted by atomic mass is 9.95. The Kier molecular flexibility index (Phi) is 7.72. The largest absolute Gasteiger partial charge is 0.339 e. The van der Waals surface area contributed by atoms with Gasteiger partial charge in [-0.15, -0.1) is 0 Å². The van der Waals surface area contributed by atoms with Crippen LogP contribution in [0.4, 0.5) is 5.69 Å². The van der Waals surface area contributed by atoms with Crippen LogP contribution in [0, 0.1) is 0 Å². The number of thioether (sulfide) groups is 1. The van der Waals surface area contributed by atoms with Crippen LogP contribution < -0.4 is 16.0 Å². The van der Waals surface area contributed by atoms with Crippen molar-refractivity contribution in [1.29, 1.82) is 0 Å². The van der Waals surface area contributed by atoms with Gasteiger partial charge in [-0.1, -0.05) is 43.3 Å². The maximum absolute atomic E-state index is 12.9. The second-order valence-corrected chi connectivity index (χ2v) is 8.39. The van der Waals surface area contributed by atoms with E-state index in [1.165, 1.54) is 16.7 Å². The minimum atomic E-state index is -0.536. The van der Waals surface area contributed by atoms with Crippen LogP contribution in [0.1, 0.15) is 30.0 Å². The zero-order valence-electron chi connectivity index (χ0n) is 17.1. The van der Waals surface area contributed by atoms with E-state index in [9.17, 15) is 9.59 Å². The molecule has 2 amide bonds. The molecule has 0 radical (unpaired) electrons. The summed E-state index contributed by atoms with van der Waals surface area (Å²) >= 11 is 1.67. The standard InChI is InChI=1S/C23H29N3O2S/c1-3-16-8-10-19(11-9-16)25-22(27)20(12-13-29-2)26-23(28)21-14-17-6-4-5-7-18(17)15-24-21/h4-11,20-21,24H,3,12-15H2,1-2H3,(H,25,27)(H,26,28)/p+1/t20-,21-/m0/s1. The topological polar surface area (TPSA) is 74.8 Å². The average molecular weight is 413 g/mol. The van der Waals surface area contributed by atoms with Crippen LogP contribution in [0.15, 0.2) is 48.5 Å². The zero-order chi connectivity index (χ0) is 20.6. The van der Waals surface area contributed by atoms with E-state index in [0.717, 1.165) is 24.4 Å². The molecule has 0 aromatic heterocycles. The maximum atomic E-state index is 12.9. The fraction of sp³-hybridized carbons (Fsp3) is 0.391. The molecule has 0 unspecified atom stereocenters. The Balaban J connectivity index is 1.63. The van der Waals surface area contributed by atoms with Crippen molar-refractivity contribution in [3.63, 3.8) is 0 Å². The van der Waals surface area contributed by atoms with Crippen molar-refractivity contribution in [3.05, 3.63) is 65.2 Å². The van der Waals surface area contributed by atoms with Crippen molar-refractivity contribution in [3.8, 4) is 0 Å². The van der Waals surface area contributed by atoms with Crippen molar-refractivity contribution in [1.82, 2.24) is 5.32 Å². The van der Waals surface area contributed by atoms with Gasteiger partial charge in [0.1, 0.15) is 12.6 Å². The number of carbonyl (C=O) groups is 2. The molecule has 1 aliphatic heterocycles. The second kappa shape index (κ2) is 10.5. The molecular formula is C23H30N3O2S+. The minimum Gasteiger partial charge on any atom is -0.339 e. The summed E-state index contributed by atoms with van der Waals surface area (Å²) in [5.74, 6) is 0.583. The summed E-state index contributed by atoms with van der Waals surface area (Å²) in [7, 11) is 0. The molecule has 0 bridgehead atoms. The Labute approximate surface area is 177 Å². The van der Waals surface area contributed by atoms with Gasteiger partial charge >= 0.3 is 0 Å². The lowest BCUT2D eigenvalue weighted by Crippen LogP contribution is -2.93. The number of hydrogen-bond donors (Lipinski definition) is 3. The summed E-state index contributed by atoms with van der Waals surface area (Å²) in [5, 5.41) is 8.01. The van der Waals surface area contributed by atoms with Crippen LogP contribution in [-0.2, 0) is 29.0 Å². The fourth-order valence-corrected chi connectivity index (χ4v) is 4.05.